The van der Waals surface area contributed by atoms with Crippen LogP contribution in [0.1, 0.15) is 5.56 Å². The van der Waals surface area contributed by atoms with Crippen LogP contribution in [0.4, 0.5) is 14.7 Å². The van der Waals surface area contributed by atoms with Gasteiger partial charge in [-0.05, 0) is 25.1 Å². The number of hydrogen-bond donors (Lipinski definition) is 1. The van der Waals surface area contributed by atoms with Gasteiger partial charge in [0.05, 0.1) is 6.20 Å². The topological polar surface area (TPSA) is 118 Å². The SMILES string of the molecule is Cc1cc(-c2nc(NS(C)=O)ncc2Oc2ccc(F)cc2F)cn(C)c1=O.O. The van der Waals surface area contributed by atoms with Crippen LogP contribution in [-0.2, 0) is 18.0 Å². The number of hydrogen-bond acceptors (Lipinski definition) is 5. The summed E-state index contributed by atoms with van der Waals surface area (Å²) in [5, 5.41) is 0. The summed E-state index contributed by atoms with van der Waals surface area (Å²) in [6.45, 7) is 1.65. The molecule has 3 aromatic rings. The third-order valence-electron chi connectivity index (χ3n) is 3.74. The molecular formula is C18H18F2N4O4S. The van der Waals surface area contributed by atoms with Gasteiger partial charge in [-0.15, -0.1) is 0 Å². The van der Waals surface area contributed by atoms with Gasteiger partial charge in [0, 0.05) is 36.7 Å². The summed E-state index contributed by atoms with van der Waals surface area (Å²) in [6.07, 6.45) is 4.23. The smallest absolute Gasteiger partial charge is 0.253 e. The van der Waals surface area contributed by atoms with E-state index in [0.29, 0.717) is 17.2 Å². The number of nitrogens with zero attached hydrogens (tertiary/aromatic N) is 3. The van der Waals surface area contributed by atoms with Crippen molar-refractivity contribution in [2.45, 2.75) is 6.92 Å². The molecule has 11 heteroatoms. The molecule has 154 valence electrons. The highest BCUT2D eigenvalue weighted by molar-refractivity contribution is 7.85. The molecule has 3 N–H and O–H groups in total. The zero-order valence-electron chi connectivity index (χ0n) is 15.7. The Balaban J connectivity index is 0.00000300. The molecule has 1 atom stereocenters. The fraction of sp³-hybridized carbons (Fsp3) is 0.167. The van der Waals surface area contributed by atoms with E-state index in [2.05, 4.69) is 14.7 Å². The number of rotatable bonds is 5. The molecule has 0 saturated carbocycles. The molecule has 8 nitrogen and oxygen atoms in total. The van der Waals surface area contributed by atoms with Crippen molar-refractivity contribution in [3.05, 3.63) is 64.2 Å². The Bertz CT molecular complexity index is 1110. The minimum atomic E-state index is -1.42. The van der Waals surface area contributed by atoms with Crippen molar-refractivity contribution < 1.29 is 23.2 Å². The Kier molecular flexibility index (Phi) is 6.77. The molecule has 0 spiro atoms. The quantitative estimate of drug-likeness (QED) is 0.673. The molecule has 0 aliphatic heterocycles. The van der Waals surface area contributed by atoms with Crippen molar-refractivity contribution in [1.82, 2.24) is 14.5 Å². The predicted octanol–water partition coefficient (Wildman–Crippen LogP) is 2.10. The monoisotopic (exact) mass is 424 g/mol. The van der Waals surface area contributed by atoms with E-state index in [9.17, 15) is 17.8 Å². The number of ether oxygens (including phenoxy) is 1. The maximum Gasteiger partial charge on any atom is 0.253 e. The first-order chi connectivity index (χ1) is 13.2. The zero-order chi connectivity index (χ0) is 20.4. The second-order valence-corrected chi connectivity index (χ2v) is 7.08. The summed E-state index contributed by atoms with van der Waals surface area (Å²) in [6, 6.07) is 4.51. The van der Waals surface area contributed by atoms with Crippen LogP contribution >= 0.6 is 0 Å². The van der Waals surface area contributed by atoms with Gasteiger partial charge in [-0.1, -0.05) is 0 Å². The van der Waals surface area contributed by atoms with Gasteiger partial charge < -0.3 is 14.8 Å². The van der Waals surface area contributed by atoms with Gasteiger partial charge in [0.25, 0.3) is 5.56 Å². The lowest BCUT2D eigenvalue weighted by atomic mass is 10.1. The number of nitrogens with one attached hydrogen (secondary N) is 1. The van der Waals surface area contributed by atoms with Gasteiger partial charge in [-0.2, -0.15) is 0 Å². The largest absolute Gasteiger partial charge is 0.450 e. The number of pyridine rings is 1. The van der Waals surface area contributed by atoms with Crippen LogP contribution in [-0.4, -0.2) is 30.5 Å². The lowest BCUT2D eigenvalue weighted by molar-refractivity contribution is 0.436. The van der Waals surface area contributed by atoms with Gasteiger partial charge >= 0.3 is 0 Å². The van der Waals surface area contributed by atoms with E-state index in [-0.39, 0.29) is 34.2 Å². The van der Waals surface area contributed by atoms with Crippen LogP contribution in [0.3, 0.4) is 0 Å². The number of aromatic nitrogens is 3. The Morgan fingerprint density at radius 1 is 1.21 bits per heavy atom. The lowest BCUT2D eigenvalue weighted by Gasteiger charge is -2.13. The lowest BCUT2D eigenvalue weighted by Crippen LogP contribution is -2.18. The third-order valence-corrected chi connectivity index (χ3v) is 4.21. The molecule has 2 aromatic heterocycles. The van der Waals surface area contributed by atoms with Crippen molar-refractivity contribution in [2.75, 3.05) is 11.0 Å². The Morgan fingerprint density at radius 2 is 1.93 bits per heavy atom. The maximum absolute atomic E-state index is 14.0. The maximum atomic E-state index is 14.0. The Labute approximate surface area is 167 Å². The number of halogens is 2. The molecule has 3 rings (SSSR count). The first-order valence-electron chi connectivity index (χ1n) is 8.02. The summed E-state index contributed by atoms with van der Waals surface area (Å²) < 4.78 is 48.1. The Hall–Kier alpha value is -3.18. The standard InChI is InChI=1S/C18H16F2N4O3S.H2O/c1-10-6-11(9-24(2)17(10)25)16-15(8-21-18(22-16)23-28(3)26)27-14-5-4-12(19)7-13(14)20;/h4-9H,1-3H3,(H,21,22,23);1H2. The van der Waals surface area contributed by atoms with Gasteiger partial charge in [0.1, 0.15) is 22.5 Å². The van der Waals surface area contributed by atoms with E-state index in [4.69, 9.17) is 4.74 Å². The molecule has 2 heterocycles. The number of anilines is 1. The van der Waals surface area contributed by atoms with Crippen molar-refractivity contribution in [3.63, 3.8) is 0 Å². The molecule has 0 aliphatic carbocycles. The molecule has 1 unspecified atom stereocenters. The molecule has 0 aliphatic rings. The van der Waals surface area contributed by atoms with Crippen LogP contribution in [0.15, 0.2) is 41.5 Å². The third kappa shape index (κ3) is 5.00. The molecule has 29 heavy (non-hydrogen) atoms. The van der Waals surface area contributed by atoms with E-state index in [1.54, 1.807) is 20.0 Å². The highest BCUT2D eigenvalue weighted by Gasteiger charge is 2.16. The van der Waals surface area contributed by atoms with Crippen molar-refractivity contribution in [2.24, 2.45) is 7.05 Å². The highest BCUT2D eigenvalue weighted by Crippen LogP contribution is 2.33. The molecule has 0 saturated heterocycles. The van der Waals surface area contributed by atoms with Crippen molar-refractivity contribution in [3.8, 4) is 22.8 Å². The van der Waals surface area contributed by atoms with Crippen molar-refractivity contribution >= 4 is 16.9 Å². The summed E-state index contributed by atoms with van der Waals surface area (Å²) >= 11 is 0. The Morgan fingerprint density at radius 3 is 2.55 bits per heavy atom. The number of aryl methyl sites for hydroxylation is 2. The number of benzene rings is 1. The highest BCUT2D eigenvalue weighted by atomic mass is 32.2. The summed E-state index contributed by atoms with van der Waals surface area (Å²) in [5.74, 6) is -1.70. The normalized spacial score (nSPS) is 11.5. The van der Waals surface area contributed by atoms with E-state index < -0.39 is 22.6 Å². The van der Waals surface area contributed by atoms with E-state index in [1.807, 2.05) is 0 Å². The molecule has 0 fully saturated rings. The van der Waals surface area contributed by atoms with Crippen LogP contribution in [0.2, 0.25) is 0 Å². The molecular weight excluding hydrogens is 406 g/mol. The van der Waals surface area contributed by atoms with E-state index in [0.717, 1.165) is 12.1 Å². The second kappa shape index (κ2) is 8.88. The molecule has 0 amide bonds. The summed E-state index contributed by atoms with van der Waals surface area (Å²) in [7, 11) is 0.167. The predicted molar refractivity (Wildman–Crippen MR) is 105 cm³/mol. The summed E-state index contributed by atoms with van der Waals surface area (Å²) in [5.41, 5.74) is 1.03. The average molecular weight is 424 g/mol. The fourth-order valence-electron chi connectivity index (χ4n) is 2.51. The molecule has 1 aromatic carbocycles. The molecule has 0 radical (unpaired) electrons. The second-order valence-electron chi connectivity index (χ2n) is 5.97. The minimum absolute atomic E-state index is 0. The van der Waals surface area contributed by atoms with Gasteiger partial charge in [-0.25, -0.2) is 23.0 Å². The van der Waals surface area contributed by atoms with Crippen LogP contribution < -0.4 is 15.0 Å². The minimum Gasteiger partial charge on any atom is -0.450 e. The van der Waals surface area contributed by atoms with Crippen molar-refractivity contribution in [1.29, 1.82) is 0 Å². The first-order valence-corrected chi connectivity index (χ1v) is 9.58. The van der Waals surface area contributed by atoms with Crippen LogP contribution in [0.5, 0.6) is 11.5 Å². The van der Waals surface area contributed by atoms with E-state index in [1.165, 1.54) is 23.2 Å². The van der Waals surface area contributed by atoms with E-state index >= 15 is 0 Å². The fourth-order valence-corrected chi connectivity index (χ4v) is 2.87. The average Bonchev–Trinajstić information content (AvgIpc) is 2.62. The van der Waals surface area contributed by atoms with Gasteiger partial charge in [0.15, 0.2) is 17.3 Å². The van der Waals surface area contributed by atoms with Crippen LogP contribution in [0.25, 0.3) is 11.3 Å². The summed E-state index contributed by atoms with van der Waals surface area (Å²) in [4.78, 5) is 20.3. The van der Waals surface area contributed by atoms with Gasteiger partial charge in [-0.3, -0.25) is 9.52 Å². The van der Waals surface area contributed by atoms with Gasteiger partial charge in [0.2, 0.25) is 5.95 Å². The zero-order valence-corrected chi connectivity index (χ0v) is 16.5. The molecule has 0 bridgehead atoms. The first kappa shape index (κ1) is 22.1. The van der Waals surface area contributed by atoms with Crippen LogP contribution in [0, 0.1) is 18.6 Å².